The number of hydrogen-bond acceptors (Lipinski definition) is 5. The van der Waals surface area contributed by atoms with Crippen LogP contribution < -0.4 is 5.32 Å². The molecule has 0 unspecified atom stereocenters. The van der Waals surface area contributed by atoms with Crippen molar-refractivity contribution in [3.8, 4) is 0 Å². The van der Waals surface area contributed by atoms with Crippen molar-refractivity contribution in [2.24, 2.45) is 0 Å². The molecule has 0 saturated heterocycles. The van der Waals surface area contributed by atoms with Gasteiger partial charge in [0.25, 0.3) is 0 Å². The van der Waals surface area contributed by atoms with Crippen molar-refractivity contribution in [1.82, 2.24) is 15.5 Å². The van der Waals surface area contributed by atoms with Gasteiger partial charge in [-0.15, -0.1) is 0 Å². The molecule has 0 atom stereocenters. The smallest absolute Gasteiger partial charge is 0.317 e. The van der Waals surface area contributed by atoms with Gasteiger partial charge in [-0.25, -0.2) is 0 Å². The van der Waals surface area contributed by atoms with E-state index in [1.807, 2.05) is 0 Å². The number of rotatable bonds is 4. The van der Waals surface area contributed by atoms with Gasteiger partial charge >= 0.3 is 5.97 Å². The number of aryl methyl sites for hydroxylation is 1. The summed E-state index contributed by atoms with van der Waals surface area (Å²) in [7, 11) is 0. The van der Waals surface area contributed by atoms with E-state index >= 15 is 0 Å². The first-order chi connectivity index (χ1) is 5.68. The van der Waals surface area contributed by atoms with Gasteiger partial charge in [0.05, 0.1) is 13.1 Å². The molecule has 0 aliphatic heterocycles. The minimum Gasteiger partial charge on any atom is -0.480 e. The van der Waals surface area contributed by atoms with Gasteiger partial charge in [-0.1, -0.05) is 5.16 Å². The highest BCUT2D eigenvalue weighted by atomic mass is 16.5. The van der Waals surface area contributed by atoms with E-state index in [0.29, 0.717) is 11.7 Å². The molecule has 0 aliphatic rings. The fourth-order valence-corrected chi connectivity index (χ4v) is 0.688. The highest BCUT2D eigenvalue weighted by Crippen LogP contribution is 1.93. The molecule has 1 aromatic rings. The van der Waals surface area contributed by atoms with Gasteiger partial charge in [0.15, 0.2) is 5.82 Å². The van der Waals surface area contributed by atoms with E-state index < -0.39 is 5.97 Å². The van der Waals surface area contributed by atoms with Crippen LogP contribution in [0.2, 0.25) is 0 Å². The van der Waals surface area contributed by atoms with Crippen LogP contribution in [-0.4, -0.2) is 27.8 Å². The zero-order valence-corrected chi connectivity index (χ0v) is 6.57. The molecule has 0 spiro atoms. The van der Waals surface area contributed by atoms with Crippen molar-refractivity contribution in [3.63, 3.8) is 0 Å². The van der Waals surface area contributed by atoms with Crippen molar-refractivity contribution in [3.05, 3.63) is 11.7 Å². The molecule has 2 N–H and O–H groups in total. The van der Waals surface area contributed by atoms with Crippen LogP contribution in [0.15, 0.2) is 4.52 Å². The summed E-state index contributed by atoms with van der Waals surface area (Å²) >= 11 is 0. The molecule has 0 aromatic carbocycles. The highest BCUT2D eigenvalue weighted by Gasteiger charge is 2.02. The second kappa shape index (κ2) is 3.82. The van der Waals surface area contributed by atoms with Crippen molar-refractivity contribution in [2.45, 2.75) is 13.5 Å². The Morgan fingerprint density at radius 2 is 2.50 bits per heavy atom. The molecule has 0 fully saturated rings. The molecule has 66 valence electrons. The predicted octanol–water partition coefficient (Wildman–Crippen LogP) is -0.448. The number of nitrogens with zero attached hydrogens (tertiary/aromatic N) is 2. The molecule has 0 bridgehead atoms. The van der Waals surface area contributed by atoms with E-state index in [-0.39, 0.29) is 13.1 Å². The zero-order chi connectivity index (χ0) is 8.97. The van der Waals surface area contributed by atoms with Gasteiger partial charge in [0.2, 0.25) is 5.89 Å². The third-order valence-electron chi connectivity index (χ3n) is 1.12. The molecule has 1 aromatic heterocycles. The third-order valence-corrected chi connectivity index (χ3v) is 1.12. The summed E-state index contributed by atoms with van der Waals surface area (Å²) in [6, 6.07) is 0. The Balaban J connectivity index is 2.29. The molecule has 6 heteroatoms. The van der Waals surface area contributed by atoms with Crippen molar-refractivity contribution in [2.75, 3.05) is 6.54 Å². The van der Waals surface area contributed by atoms with Crippen LogP contribution in [0.25, 0.3) is 0 Å². The second-order valence-electron chi connectivity index (χ2n) is 2.23. The average Bonchev–Trinajstić information content (AvgIpc) is 2.35. The van der Waals surface area contributed by atoms with Crippen molar-refractivity contribution >= 4 is 5.97 Å². The standard InChI is InChI=1S/C6H9N3O3/c1-4-8-5(12-9-4)2-7-3-6(10)11/h7H,2-3H2,1H3,(H,10,11). The van der Waals surface area contributed by atoms with E-state index in [1.165, 1.54) is 0 Å². The number of aliphatic carboxylic acids is 1. The van der Waals surface area contributed by atoms with Gasteiger partial charge < -0.3 is 9.63 Å². The van der Waals surface area contributed by atoms with Crippen LogP contribution in [0.3, 0.4) is 0 Å². The Morgan fingerprint density at radius 1 is 1.75 bits per heavy atom. The van der Waals surface area contributed by atoms with Gasteiger partial charge in [-0.05, 0) is 6.92 Å². The topological polar surface area (TPSA) is 88.2 Å². The number of carboxylic acids is 1. The molecule has 0 radical (unpaired) electrons. The minimum absolute atomic E-state index is 0.110. The molecular formula is C6H9N3O3. The molecule has 0 aliphatic carbocycles. The summed E-state index contributed by atoms with van der Waals surface area (Å²) in [5.74, 6) is 0.0297. The van der Waals surface area contributed by atoms with Crippen LogP contribution in [0.1, 0.15) is 11.7 Å². The summed E-state index contributed by atoms with van der Waals surface area (Å²) in [6.45, 7) is 1.87. The largest absolute Gasteiger partial charge is 0.480 e. The van der Waals surface area contributed by atoms with Gasteiger partial charge in [-0.2, -0.15) is 4.98 Å². The molecular weight excluding hydrogens is 162 g/mol. The average molecular weight is 171 g/mol. The molecule has 12 heavy (non-hydrogen) atoms. The number of aromatic nitrogens is 2. The summed E-state index contributed by atoms with van der Waals surface area (Å²) in [5, 5.41) is 14.4. The lowest BCUT2D eigenvalue weighted by molar-refractivity contribution is -0.136. The number of carboxylic acid groups (broad SMARTS) is 1. The monoisotopic (exact) mass is 171 g/mol. The maximum Gasteiger partial charge on any atom is 0.317 e. The molecule has 1 rings (SSSR count). The maximum absolute atomic E-state index is 10.1. The van der Waals surface area contributed by atoms with Gasteiger partial charge in [0.1, 0.15) is 0 Å². The molecule has 1 heterocycles. The van der Waals surface area contributed by atoms with Crippen molar-refractivity contribution in [1.29, 1.82) is 0 Å². The SMILES string of the molecule is Cc1noc(CNCC(=O)O)n1. The normalized spacial score (nSPS) is 10.1. The first kappa shape index (κ1) is 8.66. The van der Waals surface area contributed by atoms with Gasteiger partial charge in [0, 0.05) is 0 Å². The lowest BCUT2D eigenvalue weighted by Crippen LogP contribution is -2.21. The Bertz CT molecular complexity index is 271. The molecule has 0 saturated carbocycles. The lowest BCUT2D eigenvalue weighted by atomic mass is 10.5. The fourth-order valence-electron chi connectivity index (χ4n) is 0.688. The summed E-state index contributed by atoms with van der Waals surface area (Å²) in [5.41, 5.74) is 0. The Labute approximate surface area is 68.6 Å². The fraction of sp³-hybridized carbons (Fsp3) is 0.500. The summed E-state index contributed by atoms with van der Waals surface area (Å²) < 4.78 is 4.73. The van der Waals surface area contributed by atoms with E-state index in [9.17, 15) is 4.79 Å². The maximum atomic E-state index is 10.1. The van der Waals surface area contributed by atoms with E-state index in [2.05, 4.69) is 15.5 Å². The number of nitrogens with one attached hydrogen (secondary N) is 1. The Morgan fingerprint density at radius 3 is 3.00 bits per heavy atom. The van der Waals surface area contributed by atoms with Crippen LogP contribution in [0, 0.1) is 6.92 Å². The number of hydrogen-bond donors (Lipinski definition) is 2. The van der Waals surface area contributed by atoms with E-state index in [0.717, 1.165) is 0 Å². The van der Waals surface area contributed by atoms with Gasteiger partial charge in [-0.3, -0.25) is 10.1 Å². The van der Waals surface area contributed by atoms with Crippen LogP contribution in [0.5, 0.6) is 0 Å². The quantitative estimate of drug-likeness (QED) is 0.638. The van der Waals surface area contributed by atoms with Crippen molar-refractivity contribution < 1.29 is 14.4 Å². The van der Waals surface area contributed by atoms with Crippen LogP contribution in [-0.2, 0) is 11.3 Å². The van der Waals surface area contributed by atoms with E-state index in [1.54, 1.807) is 6.92 Å². The number of carbonyl (C=O) groups is 1. The third kappa shape index (κ3) is 2.67. The zero-order valence-electron chi connectivity index (χ0n) is 6.57. The first-order valence-electron chi connectivity index (χ1n) is 3.40. The molecule has 6 nitrogen and oxygen atoms in total. The van der Waals surface area contributed by atoms with Crippen LogP contribution >= 0.6 is 0 Å². The first-order valence-corrected chi connectivity index (χ1v) is 3.40. The molecule has 0 amide bonds. The summed E-state index contributed by atoms with van der Waals surface area (Å²) in [4.78, 5) is 13.9. The van der Waals surface area contributed by atoms with Crippen LogP contribution in [0.4, 0.5) is 0 Å². The second-order valence-corrected chi connectivity index (χ2v) is 2.23. The Kier molecular flexibility index (Phi) is 2.76. The summed E-state index contributed by atoms with van der Waals surface area (Å²) in [6.07, 6.45) is 0. The highest BCUT2D eigenvalue weighted by molar-refractivity contribution is 5.68. The Hall–Kier alpha value is -1.43. The van der Waals surface area contributed by atoms with E-state index in [4.69, 9.17) is 9.63 Å². The lowest BCUT2D eigenvalue weighted by Gasteiger charge is -1.94. The minimum atomic E-state index is -0.911. The predicted molar refractivity (Wildman–Crippen MR) is 38.4 cm³/mol.